The largest absolute Gasteiger partial charge is 0.497 e. The number of aryl methyl sites for hydroxylation is 1. The molecule has 0 radical (unpaired) electrons. The van der Waals surface area contributed by atoms with E-state index in [0.29, 0.717) is 28.3 Å². The van der Waals surface area contributed by atoms with Crippen molar-refractivity contribution in [2.24, 2.45) is 0 Å². The molecule has 3 aromatic rings. The van der Waals surface area contributed by atoms with E-state index in [-0.39, 0.29) is 24.6 Å². The summed E-state index contributed by atoms with van der Waals surface area (Å²) in [6.45, 7) is 5.50. The standard InChI is InChI=1S/C24H27FN2O5S/c1-5-32-24(28)23-16(2)22(26-17(23)3)15-27(14-18-6-10-20(31-4)11-7-18)33(29,30)21-12-8-19(25)9-13-21/h6-13,26H,5,14-15H2,1-4H3. The summed E-state index contributed by atoms with van der Waals surface area (Å²) in [6.07, 6.45) is 0. The molecule has 0 saturated carbocycles. The molecule has 0 bridgehead atoms. The van der Waals surface area contributed by atoms with E-state index in [1.807, 2.05) is 0 Å². The summed E-state index contributed by atoms with van der Waals surface area (Å²) in [7, 11) is -2.43. The summed E-state index contributed by atoms with van der Waals surface area (Å²) in [5.41, 5.74) is 2.95. The van der Waals surface area contributed by atoms with Gasteiger partial charge in [0.2, 0.25) is 10.0 Å². The van der Waals surface area contributed by atoms with Gasteiger partial charge >= 0.3 is 5.97 Å². The summed E-state index contributed by atoms with van der Waals surface area (Å²) in [5.74, 6) is -0.328. The number of benzene rings is 2. The molecule has 1 aromatic heterocycles. The molecule has 1 N–H and O–H groups in total. The molecule has 0 aliphatic carbocycles. The number of nitrogens with zero attached hydrogens (tertiary/aromatic N) is 1. The molecule has 0 aliphatic rings. The van der Waals surface area contributed by atoms with Crippen molar-refractivity contribution in [1.29, 1.82) is 0 Å². The van der Waals surface area contributed by atoms with Gasteiger partial charge < -0.3 is 14.5 Å². The molecule has 33 heavy (non-hydrogen) atoms. The number of aromatic amines is 1. The Morgan fingerprint density at radius 2 is 1.67 bits per heavy atom. The fraction of sp³-hybridized carbons (Fsp3) is 0.292. The van der Waals surface area contributed by atoms with Gasteiger partial charge in [-0.3, -0.25) is 0 Å². The number of ether oxygens (including phenoxy) is 2. The predicted octanol–water partition coefficient (Wildman–Crippen LogP) is 4.35. The minimum Gasteiger partial charge on any atom is -0.497 e. The highest BCUT2D eigenvalue weighted by molar-refractivity contribution is 7.89. The maximum Gasteiger partial charge on any atom is 0.340 e. The maximum atomic E-state index is 13.5. The van der Waals surface area contributed by atoms with Crippen molar-refractivity contribution in [3.63, 3.8) is 0 Å². The first kappa shape index (κ1) is 24.5. The molecule has 7 nitrogen and oxygen atoms in total. The van der Waals surface area contributed by atoms with E-state index in [2.05, 4.69) is 4.98 Å². The van der Waals surface area contributed by atoms with Crippen LogP contribution >= 0.6 is 0 Å². The van der Waals surface area contributed by atoms with Crippen molar-refractivity contribution in [1.82, 2.24) is 9.29 Å². The summed E-state index contributed by atoms with van der Waals surface area (Å²) >= 11 is 0. The summed E-state index contributed by atoms with van der Waals surface area (Å²) in [6, 6.07) is 11.8. The van der Waals surface area contributed by atoms with E-state index in [9.17, 15) is 17.6 Å². The smallest absolute Gasteiger partial charge is 0.340 e. The lowest BCUT2D eigenvalue weighted by atomic mass is 10.1. The molecule has 3 rings (SSSR count). The van der Waals surface area contributed by atoms with E-state index >= 15 is 0 Å². The Labute approximate surface area is 193 Å². The molecule has 2 aromatic carbocycles. The second-order valence-electron chi connectivity index (χ2n) is 7.52. The van der Waals surface area contributed by atoms with Gasteiger partial charge in [0.15, 0.2) is 0 Å². The fourth-order valence-corrected chi connectivity index (χ4v) is 4.97. The monoisotopic (exact) mass is 474 g/mol. The zero-order chi connectivity index (χ0) is 24.2. The molecule has 0 saturated heterocycles. The second-order valence-corrected chi connectivity index (χ2v) is 9.46. The van der Waals surface area contributed by atoms with Crippen LogP contribution in [0.25, 0.3) is 0 Å². The number of carbonyl (C=O) groups is 1. The highest BCUT2D eigenvalue weighted by Crippen LogP contribution is 2.26. The topological polar surface area (TPSA) is 88.7 Å². The zero-order valence-corrected chi connectivity index (χ0v) is 19.8. The van der Waals surface area contributed by atoms with Gasteiger partial charge in [0.1, 0.15) is 11.6 Å². The van der Waals surface area contributed by atoms with E-state index in [0.717, 1.165) is 17.7 Å². The van der Waals surface area contributed by atoms with E-state index < -0.39 is 21.8 Å². The van der Waals surface area contributed by atoms with Crippen LogP contribution in [0.3, 0.4) is 0 Å². The summed E-state index contributed by atoms with van der Waals surface area (Å²) in [5, 5.41) is 0. The molecule has 0 fully saturated rings. The van der Waals surface area contributed by atoms with Gasteiger partial charge in [-0.2, -0.15) is 4.31 Å². The van der Waals surface area contributed by atoms with Crippen LogP contribution in [0.5, 0.6) is 5.75 Å². The first-order chi connectivity index (χ1) is 15.7. The zero-order valence-electron chi connectivity index (χ0n) is 19.0. The average molecular weight is 475 g/mol. The van der Waals surface area contributed by atoms with Crippen molar-refractivity contribution in [3.8, 4) is 5.75 Å². The van der Waals surface area contributed by atoms with Crippen molar-refractivity contribution < 1.29 is 27.1 Å². The molecule has 0 amide bonds. The SMILES string of the molecule is CCOC(=O)c1c(C)[nH]c(CN(Cc2ccc(OC)cc2)S(=O)(=O)c2ccc(F)cc2)c1C. The van der Waals surface area contributed by atoms with Gasteiger partial charge in [-0.05, 0) is 68.3 Å². The van der Waals surface area contributed by atoms with Crippen LogP contribution in [0.15, 0.2) is 53.4 Å². The Hall–Kier alpha value is -3.17. The Balaban J connectivity index is 2.01. The number of hydrogen-bond donors (Lipinski definition) is 1. The van der Waals surface area contributed by atoms with E-state index in [1.54, 1.807) is 52.1 Å². The van der Waals surface area contributed by atoms with Gasteiger partial charge in [-0.1, -0.05) is 12.1 Å². The number of halogens is 1. The normalized spacial score (nSPS) is 11.6. The number of H-pyrrole nitrogens is 1. The van der Waals surface area contributed by atoms with Gasteiger partial charge in [0.25, 0.3) is 0 Å². The van der Waals surface area contributed by atoms with Crippen LogP contribution in [0.2, 0.25) is 0 Å². The lowest BCUT2D eigenvalue weighted by Gasteiger charge is -2.22. The summed E-state index contributed by atoms with van der Waals surface area (Å²) < 4.78 is 52.0. The van der Waals surface area contributed by atoms with E-state index in [1.165, 1.54) is 16.4 Å². The van der Waals surface area contributed by atoms with Crippen LogP contribution in [0.1, 0.15) is 39.8 Å². The minimum atomic E-state index is -3.98. The molecule has 0 aliphatic heterocycles. The number of sulfonamides is 1. The lowest BCUT2D eigenvalue weighted by molar-refractivity contribution is 0.0525. The number of hydrogen-bond acceptors (Lipinski definition) is 5. The van der Waals surface area contributed by atoms with Gasteiger partial charge in [-0.15, -0.1) is 0 Å². The van der Waals surface area contributed by atoms with Crippen LogP contribution in [0.4, 0.5) is 4.39 Å². The van der Waals surface area contributed by atoms with Crippen LogP contribution < -0.4 is 4.74 Å². The molecule has 1 heterocycles. The predicted molar refractivity (Wildman–Crippen MR) is 122 cm³/mol. The van der Waals surface area contributed by atoms with Crippen molar-refractivity contribution in [2.45, 2.75) is 38.8 Å². The third kappa shape index (κ3) is 5.43. The van der Waals surface area contributed by atoms with Crippen molar-refractivity contribution >= 4 is 16.0 Å². The molecule has 0 unspecified atom stereocenters. The quantitative estimate of drug-likeness (QED) is 0.466. The number of esters is 1. The number of aromatic nitrogens is 1. The first-order valence-corrected chi connectivity index (χ1v) is 11.8. The number of methoxy groups -OCH3 is 1. The van der Waals surface area contributed by atoms with Crippen LogP contribution in [-0.2, 0) is 27.8 Å². The van der Waals surface area contributed by atoms with Gasteiger partial charge in [0.05, 0.1) is 30.7 Å². The fourth-order valence-electron chi connectivity index (χ4n) is 3.57. The van der Waals surface area contributed by atoms with Crippen LogP contribution in [0, 0.1) is 19.7 Å². The highest BCUT2D eigenvalue weighted by Gasteiger charge is 2.28. The molecule has 9 heteroatoms. The van der Waals surface area contributed by atoms with Gasteiger partial charge in [-0.25, -0.2) is 17.6 Å². The van der Waals surface area contributed by atoms with Gasteiger partial charge in [0, 0.05) is 17.9 Å². The number of carbonyl (C=O) groups excluding carboxylic acids is 1. The Kier molecular flexibility index (Phi) is 7.55. The Bertz CT molecular complexity index is 1220. The first-order valence-electron chi connectivity index (χ1n) is 10.4. The molecular weight excluding hydrogens is 447 g/mol. The average Bonchev–Trinajstić information content (AvgIpc) is 3.07. The van der Waals surface area contributed by atoms with E-state index in [4.69, 9.17) is 9.47 Å². The number of rotatable bonds is 9. The summed E-state index contributed by atoms with van der Waals surface area (Å²) in [4.78, 5) is 15.5. The molecule has 0 atom stereocenters. The third-order valence-corrected chi connectivity index (χ3v) is 7.13. The minimum absolute atomic E-state index is 0.0161. The molecule has 0 spiro atoms. The van der Waals surface area contributed by atoms with Crippen LogP contribution in [-0.4, -0.2) is 37.4 Å². The Morgan fingerprint density at radius 3 is 2.24 bits per heavy atom. The molecule has 176 valence electrons. The third-order valence-electron chi connectivity index (χ3n) is 5.32. The Morgan fingerprint density at radius 1 is 1.03 bits per heavy atom. The number of nitrogens with one attached hydrogen (secondary N) is 1. The maximum absolute atomic E-state index is 13.5. The second kappa shape index (κ2) is 10.2. The van der Waals surface area contributed by atoms with Crippen molar-refractivity contribution in [3.05, 3.63) is 82.4 Å². The molecular formula is C24H27FN2O5S. The highest BCUT2D eigenvalue weighted by atomic mass is 32.2. The lowest BCUT2D eigenvalue weighted by Crippen LogP contribution is -2.30. The van der Waals surface area contributed by atoms with Crippen molar-refractivity contribution in [2.75, 3.05) is 13.7 Å².